The van der Waals surface area contributed by atoms with Gasteiger partial charge in [0.1, 0.15) is 0 Å². The van der Waals surface area contributed by atoms with Gasteiger partial charge in [-0.1, -0.05) is 30.3 Å². The summed E-state index contributed by atoms with van der Waals surface area (Å²) in [6, 6.07) is 13.6. The lowest BCUT2D eigenvalue weighted by atomic mass is 9.93. The van der Waals surface area contributed by atoms with Gasteiger partial charge in [0.25, 0.3) is 0 Å². The van der Waals surface area contributed by atoms with Gasteiger partial charge in [0.05, 0.1) is 12.6 Å². The average molecular weight is 352 g/mol. The van der Waals surface area contributed by atoms with Crippen LogP contribution in [0.2, 0.25) is 0 Å². The molecule has 2 heterocycles. The molecule has 0 unspecified atom stereocenters. The molecule has 1 aliphatic heterocycles. The molecule has 0 saturated carbocycles. The number of nitrogens with zero attached hydrogens (tertiary/aromatic N) is 2. The van der Waals surface area contributed by atoms with Gasteiger partial charge >= 0.3 is 0 Å². The van der Waals surface area contributed by atoms with Crippen molar-refractivity contribution >= 4 is 11.8 Å². The van der Waals surface area contributed by atoms with Gasteiger partial charge in [0.2, 0.25) is 11.8 Å². The van der Waals surface area contributed by atoms with Gasteiger partial charge in [-0.25, -0.2) is 0 Å². The summed E-state index contributed by atoms with van der Waals surface area (Å²) in [7, 11) is 0. The van der Waals surface area contributed by atoms with E-state index in [0.717, 1.165) is 24.0 Å². The minimum absolute atomic E-state index is 0.0489. The van der Waals surface area contributed by atoms with Gasteiger partial charge < -0.3 is 11.1 Å². The van der Waals surface area contributed by atoms with E-state index in [0.29, 0.717) is 13.1 Å². The van der Waals surface area contributed by atoms with Gasteiger partial charge in [-0.05, 0) is 49.2 Å². The number of pyridine rings is 1. The number of primary amides is 1. The number of rotatable bonds is 6. The Morgan fingerprint density at radius 3 is 2.31 bits per heavy atom. The van der Waals surface area contributed by atoms with Gasteiger partial charge in [0.15, 0.2) is 0 Å². The van der Waals surface area contributed by atoms with E-state index in [1.165, 1.54) is 0 Å². The Kier molecular flexibility index (Phi) is 5.96. The maximum absolute atomic E-state index is 12.8. The van der Waals surface area contributed by atoms with E-state index in [1.54, 1.807) is 12.4 Å². The second-order valence-electron chi connectivity index (χ2n) is 6.65. The van der Waals surface area contributed by atoms with E-state index < -0.39 is 0 Å². The Bertz CT molecular complexity index is 688. The first kappa shape index (κ1) is 18.1. The van der Waals surface area contributed by atoms with Crippen LogP contribution in [0.4, 0.5) is 0 Å². The summed E-state index contributed by atoms with van der Waals surface area (Å²) in [4.78, 5) is 30.0. The predicted octanol–water partition coefficient (Wildman–Crippen LogP) is 1.48. The predicted molar refractivity (Wildman–Crippen MR) is 99.0 cm³/mol. The molecule has 6 heteroatoms. The lowest BCUT2D eigenvalue weighted by molar-refractivity contribution is -0.127. The molecular formula is C20H24N4O2. The zero-order chi connectivity index (χ0) is 18.4. The third-order valence-electron chi connectivity index (χ3n) is 4.80. The zero-order valence-electron chi connectivity index (χ0n) is 14.7. The van der Waals surface area contributed by atoms with Crippen LogP contribution in [-0.2, 0) is 9.59 Å². The monoisotopic (exact) mass is 352 g/mol. The van der Waals surface area contributed by atoms with Crippen molar-refractivity contribution in [1.29, 1.82) is 0 Å². The Morgan fingerprint density at radius 1 is 1.08 bits per heavy atom. The van der Waals surface area contributed by atoms with Crippen LogP contribution >= 0.6 is 0 Å². The normalized spacial score (nSPS) is 16.8. The molecule has 1 saturated heterocycles. The maximum atomic E-state index is 12.8. The van der Waals surface area contributed by atoms with Gasteiger partial charge in [-0.2, -0.15) is 0 Å². The number of amides is 2. The van der Waals surface area contributed by atoms with Crippen molar-refractivity contribution < 1.29 is 9.59 Å². The summed E-state index contributed by atoms with van der Waals surface area (Å²) in [5.41, 5.74) is 7.29. The van der Waals surface area contributed by atoms with Gasteiger partial charge in [-0.3, -0.25) is 19.5 Å². The van der Waals surface area contributed by atoms with E-state index in [4.69, 9.17) is 5.73 Å². The molecule has 1 aromatic heterocycles. The smallest absolute Gasteiger partial charge is 0.231 e. The number of aromatic nitrogens is 1. The summed E-state index contributed by atoms with van der Waals surface area (Å²) in [6.07, 6.45) is 4.94. The number of benzene rings is 1. The SMILES string of the molecule is NC(=O)CN1CCC(C(=O)N[C@H](c2ccccc2)c2ccncc2)CC1. The molecule has 136 valence electrons. The third kappa shape index (κ3) is 4.67. The van der Waals surface area contributed by atoms with Crippen molar-refractivity contribution in [3.63, 3.8) is 0 Å². The van der Waals surface area contributed by atoms with Crippen LogP contribution < -0.4 is 11.1 Å². The number of nitrogens with two attached hydrogens (primary N) is 1. The fourth-order valence-corrected chi connectivity index (χ4v) is 3.39. The molecule has 1 aromatic carbocycles. The van der Waals surface area contributed by atoms with Crippen molar-refractivity contribution in [1.82, 2.24) is 15.2 Å². The Hall–Kier alpha value is -2.73. The number of carbonyl (C=O) groups is 2. The number of piperidine rings is 1. The van der Waals surface area contributed by atoms with Crippen LogP contribution in [0.3, 0.4) is 0 Å². The summed E-state index contributed by atoms with van der Waals surface area (Å²) in [5, 5.41) is 3.20. The minimum Gasteiger partial charge on any atom is -0.369 e. The van der Waals surface area contributed by atoms with Crippen LogP contribution in [0, 0.1) is 5.92 Å². The Balaban J connectivity index is 1.68. The molecule has 0 aliphatic carbocycles. The lowest BCUT2D eigenvalue weighted by Crippen LogP contribution is -2.44. The van der Waals surface area contributed by atoms with Crippen LogP contribution in [-0.4, -0.2) is 41.3 Å². The zero-order valence-corrected chi connectivity index (χ0v) is 14.7. The lowest BCUT2D eigenvalue weighted by Gasteiger charge is -2.31. The molecule has 1 fully saturated rings. The number of hydrogen-bond acceptors (Lipinski definition) is 4. The summed E-state index contributed by atoms with van der Waals surface area (Å²) in [6.45, 7) is 1.69. The number of likely N-dealkylation sites (tertiary alicyclic amines) is 1. The summed E-state index contributed by atoms with van der Waals surface area (Å²) < 4.78 is 0. The molecule has 26 heavy (non-hydrogen) atoms. The summed E-state index contributed by atoms with van der Waals surface area (Å²) >= 11 is 0. The summed E-state index contributed by atoms with van der Waals surface area (Å²) in [5.74, 6) is -0.323. The fraction of sp³-hybridized carbons (Fsp3) is 0.350. The number of hydrogen-bond donors (Lipinski definition) is 2. The van der Waals surface area contributed by atoms with Crippen molar-refractivity contribution in [2.24, 2.45) is 11.7 Å². The van der Waals surface area contributed by atoms with Crippen LogP contribution in [0.25, 0.3) is 0 Å². The molecule has 2 aromatic rings. The molecule has 0 bridgehead atoms. The first-order valence-corrected chi connectivity index (χ1v) is 8.89. The highest BCUT2D eigenvalue weighted by molar-refractivity contribution is 5.80. The van der Waals surface area contributed by atoms with Crippen molar-refractivity contribution in [2.45, 2.75) is 18.9 Å². The highest BCUT2D eigenvalue weighted by atomic mass is 16.2. The second-order valence-corrected chi connectivity index (χ2v) is 6.65. The van der Waals surface area contributed by atoms with E-state index in [1.807, 2.05) is 47.4 Å². The number of nitrogens with one attached hydrogen (secondary N) is 1. The van der Waals surface area contributed by atoms with Crippen molar-refractivity contribution in [2.75, 3.05) is 19.6 Å². The minimum atomic E-state index is -0.324. The van der Waals surface area contributed by atoms with Crippen molar-refractivity contribution in [3.05, 3.63) is 66.0 Å². The van der Waals surface area contributed by atoms with Crippen molar-refractivity contribution in [3.8, 4) is 0 Å². The van der Waals surface area contributed by atoms with Crippen LogP contribution in [0.1, 0.15) is 30.0 Å². The molecule has 3 N–H and O–H groups in total. The fourth-order valence-electron chi connectivity index (χ4n) is 3.39. The molecule has 2 amide bonds. The molecule has 0 spiro atoms. The van der Waals surface area contributed by atoms with Gasteiger partial charge in [0, 0.05) is 18.3 Å². The molecular weight excluding hydrogens is 328 g/mol. The first-order chi connectivity index (χ1) is 12.6. The Morgan fingerprint density at radius 2 is 1.69 bits per heavy atom. The second kappa shape index (κ2) is 8.58. The van der Waals surface area contributed by atoms with Crippen LogP contribution in [0.5, 0.6) is 0 Å². The molecule has 3 rings (SSSR count). The molecule has 1 aliphatic rings. The molecule has 1 atom stereocenters. The Labute approximate surface area is 153 Å². The average Bonchev–Trinajstić information content (AvgIpc) is 2.67. The highest BCUT2D eigenvalue weighted by Crippen LogP contribution is 2.24. The molecule has 6 nitrogen and oxygen atoms in total. The van der Waals surface area contributed by atoms with Crippen LogP contribution in [0.15, 0.2) is 54.9 Å². The maximum Gasteiger partial charge on any atom is 0.231 e. The van der Waals surface area contributed by atoms with Gasteiger partial charge in [-0.15, -0.1) is 0 Å². The third-order valence-corrected chi connectivity index (χ3v) is 4.80. The largest absolute Gasteiger partial charge is 0.369 e. The van der Waals surface area contributed by atoms with E-state index >= 15 is 0 Å². The molecule has 0 radical (unpaired) electrons. The first-order valence-electron chi connectivity index (χ1n) is 8.89. The highest BCUT2D eigenvalue weighted by Gasteiger charge is 2.27. The van der Waals surface area contributed by atoms with E-state index in [-0.39, 0.29) is 30.3 Å². The quantitative estimate of drug-likeness (QED) is 0.824. The number of carbonyl (C=O) groups excluding carboxylic acids is 2. The van der Waals surface area contributed by atoms with E-state index in [9.17, 15) is 9.59 Å². The topological polar surface area (TPSA) is 88.3 Å². The standard InChI is InChI=1S/C20H24N4O2/c21-18(25)14-24-12-8-17(9-13-24)20(26)23-19(15-4-2-1-3-5-15)16-6-10-22-11-7-16/h1-7,10-11,17,19H,8-9,12-14H2,(H2,21,25)(H,23,26)/t19-/m1/s1. The van der Waals surface area contributed by atoms with E-state index in [2.05, 4.69) is 10.3 Å².